The first-order valence-electron chi connectivity index (χ1n) is 13.8. The summed E-state index contributed by atoms with van der Waals surface area (Å²) in [5.41, 5.74) is 22.7. The van der Waals surface area contributed by atoms with E-state index >= 15 is 0 Å². The number of aromatic hydroxyl groups is 1. The van der Waals surface area contributed by atoms with Crippen LogP contribution in [0, 0.1) is 5.92 Å². The van der Waals surface area contributed by atoms with Crippen LogP contribution in [-0.4, -0.2) is 77.1 Å². The van der Waals surface area contributed by atoms with Crippen molar-refractivity contribution in [1.82, 2.24) is 16.0 Å². The molecule has 0 bridgehead atoms. The van der Waals surface area contributed by atoms with Crippen molar-refractivity contribution in [3.05, 3.63) is 29.8 Å². The molecule has 5 unspecified atom stereocenters. The normalized spacial score (nSPS) is 14.5. The van der Waals surface area contributed by atoms with E-state index in [1.807, 2.05) is 6.92 Å². The molecule has 1 aromatic rings. The van der Waals surface area contributed by atoms with E-state index in [0.29, 0.717) is 44.3 Å². The van der Waals surface area contributed by atoms with Crippen LogP contribution in [0.4, 0.5) is 0 Å². The second-order valence-corrected chi connectivity index (χ2v) is 10.0. The van der Waals surface area contributed by atoms with Gasteiger partial charge in [0.05, 0.1) is 6.04 Å². The number of benzene rings is 1. The lowest BCUT2D eigenvalue weighted by atomic mass is 9.96. The third-order valence-electron chi connectivity index (χ3n) is 6.67. The van der Waals surface area contributed by atoms with E-state index in [1.165, 1.54) is 12.1 Å². The van der Waals surface area contributed by atoms with Crippen LogP contribution < -0.4 is 38.9 Å². The topological polar surface area (TPSA) is 261 Å². The maximum atomic E-state index is 13.5. The Hall–Kier alpha value is -3.91. The number of aliphatic imine (C=N–C) groups is 1. The van der Waals surface area contributed by atoms with Gasteiger partial charge in [0.2, 0.25) is 17.7 Å². The van der Waals surface area contributed by atoms with E-state index in [2.05, 4.69) is 20.9 Å². The number of carbonyl (C=O) groups excluding carboxylic acids is 3. The molecule has 3 amide bonds. The first-order chi connectivity index (χ1) is 19.4. The number of amides is 3. The minimum Gasteiger partial charge on any atom is -0.508 e. The number of guanidine groups is 1. The van der Waals surface area contributed by atoms with Crippen LogP contribution in [0.2, 0.25) is 0 Å². The molecule has 0 radical (unpaired) electrons. The van der Waals surface area contributed by atoms with Crippen molar-refractivity contribution in [1.29, 1.82) is 0 Å². The van der Waals surface area contributed by atoms with Crippen molar-refractivity contribution in [2.24, 2.45) is 33.8 Å². The van der Waals surface area contributed by atoms with Crippen molar-refractivity contribution >= 4 is 29.7 Å². The number of rotatable bonds is 19. The first kappa shape index (κ1) is 35.1. The summed E-state index contributed by atoms with van der Waals surface area (Å²) < 4.78 is 0. The summed E-state index contributed by atoms with van der Waals surface area (Å²) in [6.07, 6.45) is 2.55. The molecule has 1 aromatic carbocycles. The van der Waals surface area contributed by atoms with E-state index < -0.39 is 47.9 Å². The minimum atomic E-state index is -1.20. The number of carbonyl (C=O) groups is 4. The molecule has 5 atom stereocenters. The molecule has 0 spiro atoms. The second-order valence-electron chi connectivity index (χ2n) is 10.0. The van der Waals surface area contributed by atoms with E-state index in [0.717, 1.165) is 0 Å². The highest BCUT2D eigenvalue weighted by atomic mass is 16.4. The predicted molar refractivity (Wildman–Crippen MR) is 155 cm³/mol. The van der Waals surface area contributed by atoms with Gasteiger partial charge >= 0.3 is 5.97 Å². The lowest BCUT2D eigenvalue weighted by Crippen LogP contribution is -2.59. The Morgan fingerprint density at radius 2 is 1.54 bits per heavy atom. The minimum absolute atomic E-state index is 0.0124. The van der Waals surface area contributed by atoms with Crippen molar-refractivity contribution < 1.29 is 29.4 Å². The number of carboxylic acids is 1. The van der Waals surface area contributed by atoms with Crippen molar-refractivity contribution in [3.63, 3.8) is 0 Å². The van der Waals surface area contributed by atoms with E-state index in [-0.39, 0.29) is 36.9 Å². The third kappa shape index (κ3) is 13.3. The summed E-state index contributed by atoms with van der Waals surface area (Å²) in [5.74, 6) is -3.41. The number of carboxylic acid groups (broad SMARTS) is 1. The van der Waals surface area contributed by atoms with Crippen molar-refractivity contribution in [3.8, 4) is 5.75 Å². The molecule has 41 heavy (non-hydrogen) atoms. The van der Waals surface area contributed by atoms with Gasteiger partial charge in [0.25, 0.3) is 0 Å². The number of unbranched alkanes of at least 4 members (excludes halogenated alkanes) is 1. The van der Waals surface area contributed by atoms with Gasteiger partial charge in [-0.15, -0.1) is 0 Å². The highest BCUT2D eigenvalue weighted by molar-refractivity contribution is 5.94. The van der Waals surface area contributed by atoms with Crippen LogP contribution in [0.1, 0.15) is 57.9 Å². The molecule has 0 heterocycles. The summed E-state index contributed by atoms with van der Waals surface area (Å²) in [6.45, 7) is 4.33. The van der Waals surface area contributed by atoms with Gasteiger partial charge in [0.1, 0.15) is 23.9 Å². The van der Waals surface area contributed by atoms with Gasteiger partial charge in [-0.3, -0.25) is 19.4 Å². The predicted octanol–water partition coefficient (Wildman–Crippen LogP) is -0.970. The summed E-state index contributed by atoms with van der Waals surface area (Å²) in [7, 11) is 0. The zero-order valence-corrected chi connectivity index (χ0v) is 23.8. The standard InChI is InChI=1S/C27H46N8O6/c1-3-16(2)22(35-23(37)19(29)7-6-14-32-27(30)31)25(39)34-21(15-17-9-11-18(36)12-10-17)24(38)33-20(26(40)41)8-4-5-13-28/h9-12,16,19-22,36H,3-8,13-15,28-29H2,1-2H3,(H,33,38)(H,34,39)(H,35,37)(H,40,41)(H4,30,31,32). The molecule has 0 aliphatic carbocycles. The SMILES string of the molecule is CCC(C)C(NC(=O)C(N)CCCN=C(N)N)C(=O)NC(Cc1ccc(O)cc1)C(=O)NC(CCCCN)C(=O)O. The fourth-order valence-corrected chi connectivity index (χ4v) is 3.97. The average molecular weight is 579 g/mol. The average Bonchev–Trinajstić information content (AvgIpc) is 2.93. The van der Waals surface area contributed by atoms with Crippen molar-refractivity contribution in [2.45, 2.75) is 83.0 Å². The number of phenols is 1. The first-order valence-corrected chi connectivity index (χ1v) is 13.8. The Kier molecular flexibility index (Phi) is 15.8. The van der Waals surface area contributed by atoms with Crippen LogP contribution in [0.5, 0.6) is 5.75 Å². The molecule has 14 heteroatoms. The summed E-state index contributed by atoms with van der Waals surface area (Å²) in [6, 6.07) is 1.80. The van der Waals surface area contributed by atoms with Crippen LogP contribution >= 0.6 is 0 Å². The fourth-order valence-electron chi connectivity index (χ4n) is 3.97. The number of hydrogen-bond donors (Lipinski definition) is 9. The van der Waals surface area contributed by atoms with Gasteiger partial charge in [-0.2, -0.15) is 0 Å². The molecule has 0 saturated heterocycles. The number of nitrogens with zero attached hydrogens (tertiary/aromatic N) is 1. The van der Waals surface area contributed by atoms with E-state index in [9.17, 15) is 29.4 Å². The maximum absolute atomic E-state index is 13.5. The smallest absolute Gasteiger partial charge is 0.326 e. The van der Waals surface area contributed by atoms with Crippen LogP contribution in [0.3, 0.4) is 0 Å². The third-order valence-corrected chi connectivity index (χ3v) is 6.67. The number of aliphatic carboxylic acids is 1. The Bertz CT molecular complexity index is 1020. The largest absolute Gasteiger partial charge is 0.508 e. The summed E-state index contributed by atoms with van der Waals surface area (Å²) in [5, 5.41) is 27.1. The van der Waals surface area contributed by atoms with Gasteiger partial charge in [-0.25, -0.2) is 4.79 Å². The number of hydrogen-bond acceptors (Lipinski definition) is 8. The molecule has 1 rings (SSSR count). The van der Waals surface area contributed by atoms with E-state index in [1.54, 1.807) is 19.1 Å². The monoisotopic (exact) mass is 578 g/mol. The van der Waals surface area contributed by atoms with Crippen molar-refractivity contribution in [2.75, 3.05) is 13.1 Å². The number of nitrogens with one attached hydrogen (secondary N) is 3. The number of nitrogens with two attached hydrogens (primary N) is 4. The summed E-state index contributed by atoms with van der Waals surface area (Å²) >= 11 is 0. The van der Waals surface area contributed by atoms with Gasteiger partial charge in [-0.1, -0.05) is 32.4 Å². The maximum Gasteiger partial charge on any atom is 0.326 e. The lowest BCUT2D eigenvalue weighted by Gasteiger charge is -2.28. The second kappa shape index (κ2) is 18.4. The van der Waals surface area contributed by atoms with Gasteiger partial charge in [0, 0.05) is 13.0 Å². The van der Waals surface area contributed by atoms with Crippen LogP contribution in [0.15, 0.2) is 29.3 Å². The lowest BCUT2D eigenvalue weighted by molar-refractivity contribution is -0.142. The molecule has 230 valence electrons. The van der Waals surface area contributed by atoms with Gasteiger partial charge in [-0.05, 0) is 62.3 Å². The Morgan fingerprint density at radius 1 is 0.902 bits per heavy atom. The number of phenolic OH excluding ortho intramolecular Hbond substituents is 1. The quantitative estimate of drug-likeness (QED) is 0.0551. The highest BCUT2D eigenvalue weighted by Crippen LogP contribution is 2.14. The molecule has 13 N–H and O–H groups in total. The highest BCUT2D eigenvalue weighted by Gasteiger charge is 2.32. The van der Waals surface area contributed by atoms with E-state index in [4.69, 9.17) is 22.9 Å². The Labute approximate surface area is 240 Å². The Morgan fingerprint density at radius 3 is 2.10 bits per heavy atom. The summed E-state index contributed by atoms with van der Waals surface area (Å²) in [4.78, 5) is 55.2. The van der Waals surface area contributed by atoms with Gasteiger partial charge < -0.3 is 49.1 Å². The zero-order valence-electron chi connectivity index (χ0n) is 23.8. The molecule has 0 aliphatic heterocycles. The van der Waals surface area contributed by atoms with Crippen LogP contribution in [-0.2, 0) is 25.6 Å². The molecular formula is C27H46N8O6. The fraction of sp³-hybridized carbons (Fsp3) is 0.593. The van der Waals surface area contributed by atoms with Crippen LogP contribution in [0.25, 0.3) is 0 Å². The zero-order chi connectivity index (χ0) is 30.9. The molecule has 0 aliphatic rings. The molecule has 0 fully saturated rings. The molecular weight excluding hydrogens is 532 g/mol. The molecule has 0 aromatic heterocycles. The molecule has 14 nitrogen and oxygen atoms in total. The Balaban J connectivity index is 3.09. The van der Waals surface area contributed by atoms with Gasteiger partial charge in [0.15, 0.2) is 5.96 Å². The molecule has 0 saturated carbocycles.